The Kier molecular flexibility index (Phi) is 4.30. The Balaban J connectivity index is 1.65. The van der Waals surface area contributed by atoms with Crippen LogP contribution < -0.4 is 10.6 Å². The number of hydrogen-bond acceptors (Lipinski definition) is 3. The van der Waals surface area contributed by atoms with Crippen molar-refractivity contribution in [3.8, 4) is 0 Å². The molecule has 7 heteroatoms. The first-order chi connectivity index (χ1) is 11.0. The second-order valence-electron chi connectivity index (χ2n) is 6.23. The van der Waals surface area contributed by atoms with Crippen LogP contribution >= 0.6 is 0 Å². The second kappa shape index (κ2) is 6.23. The summed E-state index contributed by atoms with van der Waals surface area (Å²) in [6.45, 7) is -0.0460. The van der Waals surface area contributed by atoms with Crippen molar-refractivity contribution in [2.24, 2.45) is 17.8 Å². The predicted molar refractivity (Wildman–Crippen MR) is 78.3 cm³/mol. The average Bonchev–Trinajstić information content (AvgIpc) is 3.12. The van der Waals surface area contributed by atoms with Crippen molar-refractivity contribution in [1.82, 2.24) is 5.32 Å². The van der Waals surface area contributed by atoms with E-state index in [0.717, 1.165) is 31.4 Å². The van der Waals surface area contributed by atoms with E-state index >= 15 is 0 Å². The Hall–Kier alpha value is -2.02. The number of para-hydroxylation sites is 1. The van der Waals surface area contributed by atoms with Gasteiger partial charge >= 0.3 is 11.8 Å². The lowest BCUT2D eigenvalue weighted by Gasteiger charge is -2.30. The van der Waals surface area contributed by atoms with Crippen LogP contribution in [0.3, 0.4) is 0 Å². The van der Waals surface area contributed by atoms with Crippen molar-refractivity contribution < 1.29 is 23.5 Å². The largest absolute Gasteiger partial charge is 0.396 e. The fraction of sp³-hybridized carbons (Fsp3) is 0.500. The Bertz CT molecular complexity index is 618. The molecule has 0 unspecified atom stereocenters. The van der Waals surface area contributed by atoms with Gasteiger partial charge in [-0.25, -0.2) is 8.78 Å². The average molecular weight is 324 g/mol. The number of aliphatic hydroxyl groups is 1. The first kappa shape index (κ1) is 15.9. The highest BCUT2D eigenvalue weighted by molar-refractivity contribution is 6.39. The zero-order valence-corrected chi connectivity index (χ0v) is 12.4. The van der Waals surface area contributed by atoms with Crippen molar-refractivity contribution in [3.63, 3.8) is 0 Å². The third-order valence-corrected chi connectivity index (χ3v) is 5.00. The maximum Gasteiger partial charge on any atom is 0.313 e. The van der Waals surface area contributed by atoms with Crippen LogP contribution in [0, 0.1) is 29.4 Å². The molecule has 0 heterocycles. The number of aliphatic hydroxyl groups excluding tert-OH is 1. The molecule has 2 aliphatic rings. The van der Waals surface area contributed by atoms with Crippen LogP contribution in [0.5, 0.6) is 0 Å². The van der Waals surface area contributed by atoms with Gasteiger partial charge < -0.3 is 15.7 Å². The molecule has 1 aromatic rings. The van der Waals surface area contributed by atoms with E-state index in [-0.39, 0.29) is 24.5 Å². The van der Waals surface area contributed by atoms with Crippen molar-refractivity contribution in [1.29, 1.82) is 0 Å². The van der Waals surface area contributed by atoms with Crippen molar-refractivity contribution in [2.75, 3.05) is 11.9 Å². The molecule has 0 radical (unpaired) electrons. The van der Waals surface area contributed by atoms with E-state index in [1.165, 1.54) is 6.07 Å². The molecular weight excluding hydrogens is 306 g/mol. The van der Waals surface area contributed by atoms with Crippen molar-refractivity contribution in [2.45, 2.75) is 25.3 Å². The van der Waals surface area contributed by atoms with Crippen molar-refractivity contribution in [3.05, 3.63) is 29.8 Å². The van der Waals surface area contributed by atoms with Crippen LogP contribution in [0.1, 0.15) is 19.3 Å². The Labute approximate surface area is 132 Å². The van der Waals surface area contributed by atoms with E-state index in [1.807, 2.05) is 5.32 Å². The molecule has 3 N–H and O–H groups in total. The topological polar surface area (TPSA) is 78.4 Å². The zero-order chi connectivity index (χ0) is 16.6. The molecule has 3 rings (SSSR count). The fourth-order valence-electron chi connectivity index (χ4n) is 3.90. The van der Waals surface area contributed by atoms with Gasteiger partial charge in [0, 0.05) is 18.6 Å². The molecule has 2 amide bonds. The van der Waals surface area contributed by atoms with Gasteiger partial charge in [0.15, 0.2) is 0 Å². The minimum atomic E-state index is -1.12. The Morgan fingerprint density at radius 1 is 1.13 bits per heavy atom. The molecule has 23 heavy (non-hydrogen) atoms. The Morgan fingerprint density at radius 2 is 1.78 bits per heavy atom. The van der Waals surface area contributed by atoms with Crippen LogP contribution in [0.4, 0.5) is 14.5 Å². The van der Waals surface area contributed by atoms with Gasteiger partial charge in [0.1, 0.15) is 17.3 Å². The zero-order valence-electron chi connectivity index (χ0n) is 12.4. The van der Waals surface area contributed by atoms with E-state index in [9.17, 15) is 23.5 Å². The third kappa shape index (κ3) is 2.93. The maximum absolute atomic E-state index is 13.5. The number of benzene rings is 1. The van der Waals surface area contributed by atoms with E-state index < -0.39 is 29.1 Å². The van der Waals surface area contributed by atoms with Gasteiger partial charge in [-0.15, -0.1) is 0 Å². The lowest BCUT2D eigenvalue weighted by molar-refractivity contribution is -0.137. The summed E-state index contributed by atoms with van der Waals surface area (Å²) in [5.41, 5.74) is -0.640. The summed E-state index contributed by atoms with van der Waals surface area (Å²) in [6.07, 6.45) is 2.91. The second-order valence-corrected chi connectivity index (χ2v) is 6.23. The minimum Gasteiger partial charge on any atom is -0.396 e. The van der Waals surface area contributed by atoms with E-state index in [1.54, 1.807) is 0 Å². The van der Waals surface area contributed by atoms with Crippen LogP contribution in [-0.4, -0.2) is 29.6 Å². The molecule has 0 spiro atoms. The van der Waals surface area contributed by atoms with Crippen LogP contribution in [0.15, 0.2) is 18.2 Å². The lowest BCUT2D eigenvalue weighted by Crippen LogP contribution is -2.48. The summed E-state index contributed by atoms with van der Waals surface area (Å²) in [7, 11) is 0. The minimum absolute atomic E-state index is 0.0460. The summed E-state index contributed by atoms with van der Waals surface area (Å²) in [4.78, 5) is 23.9. The summed E-state index contributed by atoms with van der Waals surface area (Å²) in [6, 6.07) is 2.90. The molecule has 0 aliphatic heterocycles. The third-order valence-electron chi connectivity index (χ3n) is 5.00. The van der Waals surface area contributed by atoms with Crippen LogP contribution in [-0.2, 0) is 9.59 Å². The summed E-state index contributed by atoms with van der Waals surface area (Å²) >= 11 is 0. The molecule has 5 nitrogen and oxygen atoms in total. The fourth-order valence-corrected chi connectivity index (χ4v) is 3.90. The molecule has 2 bridgehead atoms. The SMILES string of the molecule is O=C(Nc1c(F)cccc1F)C(=O)N[C@H]1[C@H]2CC[C@@H](C2)[C@H]1CO. The number of carbonyl (C=O) groups excluding carboxylic acids is 2. The summed E-state index contributed by atoms with van der Waals surface area (Å²) in [5.74, 6) is -3.40. The number of rotatable bonds is 3. The standard InChI is InChI=1S/C16H18F2N2O3/c17-11-2-1-3-12(18)14(11)20-16(23)15(22)19-13-9-5-4-8(6-9)10(13)7-21/h1-3,8-10,13,21H,4-7H2,(H,19,22)(H,20,23)/t8-,9-,10+,13-/m0/s1. The maximum atomic E-state index is 13.5. The smallest absolute Gasteiger partial charge is 0.313 e. The summed E-state index contributed by atoms with van der Waals surface area (Å²) in [5, 5.41) is 14.0. The number of nitrogens with one attached hydrogen (secondary N) is 2. The summed E-state index contributed by atoms with van der Waals surface area (Å²) < 4.78 is 27.0. The molecule has 4 atom stereocenters. The number of amides is 2. The van der Waals surface area contributed by atoms with Gasteiger partial charge in [-0.1, -0.05) is 6.07 Å². The van der Waals surface area contributed by atoms with Gasteiger partial charge in [0.25, 0.3) is 0 Å². The normalized spacial score (nSPS) is 28.7. The highest BCUT2D eigenvalue weighted by Crippen LogP contribution is 2.48. The van der Waals surface area contributed by atoms with Gasteiger partial charge in [-0.3, -0.25) is 9.59 Å². The predicted octanol–water partition coefficient (Wildman–Crippen LogP) is 1.43. The highest BCUT2D eigenvalue weighted by atomic mass is 19.1. The quantitative estimate of drug-likeness (QED) is 0.736. The molecule has 124 valence electrons. The van der Waals surface area contributed by atoms with E-state index in [2.05, 4.69) is 5.32 Å². The first-order valence-corrected chi connectivity index (χ1v) is 7.68. The molecular formula is C16H18F2N2O3. The number of carbonyl (C=O) groups is 2. The molecule has 2 fully saturated rings. The molecule has 0 aromatic heterocycles. The van der Waals surface area contributed by atoms with Gasteiger partial charge in [-0.2, -0.15) is 0 Å². The Morgan fingerprint density at radius 3 is 2.43 bits per heavy atom. The molecule has 2 aliphatic carbocycles. The first-order valence-electron chi connectivity index (χ1n) is 7.68. The van der Waals surface area contributed by atoms with Gasteiger partial charge in [-0.05, 0) is 43.2 Å². The number of halogens is 2. The molecule has 2 saturated carbocycles. The lowest BCUT2D eigenvalue weighted by atomic mass is 9.85. The van der Waals surface area contributed by atoms with E-state index in [0.29, 0.717) is 5.92 Å². The van der Waals surface area contributed by atoms with Gasteiger partial charge in [0.2, 0.25) is 0 Å². The van der Waals surface area contributed by atoms with Crippen LogP contribution in [0.2, 0.25) is 0 Å². The van der Waals surface area contributed by atoms with E-state index in [4.69, 9.17) is 0 Å². The highest BCUT2D eigenvalue weighted by Gasteiger charge is 2.48. The molecule has 1 aromatic carbocycles. The van der Waals surface area contributed by atoms with Gasteiger partial charge in [0.05, 0.1) is 0 Å². The number of anilines is 1. The van der Waals surface area contributed by atoms with Crippen molar-refractivity contribution >= 4 is 17.5 Å². The molecule has 0 saturated heterocycles. The number of hydrogen-bond donors (Lipinski definition) is 3. The monoisotopic (exact) mass is 324 g/mol. The van der Waals surface area contributed by atoms with Crippen LogP contribution in [0.25, 0.3) is 0 Å². The number of fused-ring (bicyclic) bond motifs is 2.